The maximum absolute atomic E-state index is 14.5. The Morgan fingerprint density at radius 2 is 1.24 bits per heavy atom. The molecule has 3 aliphatic rings. The molecule has 0 atom stereocenters. The highest BCUT2D eigenvalue weighted by atomic mass is 19.3. The molecule has 0 unspecified atom stereocenters. The highest BCUT2D eigenvalue weighted by Crippen LogP contribution is 2.48. The summed E-state index contributed by atoms with van der Waals surface area (Å²) in [4.78, 5) is 24.3. The number of hydrogen-bond donors (Lipinski definition) is 0. The van der Waals surface area contributed by atoms with E-state index in [1.54, 1.807) is 6.92 Å². The first-order chi connectivity index (χ1) is 13.6. The minimum absolute atomic E-state index is 0.0906. The number of carbonyl (C=O) groups is 2. The fraction of sp³-hybridized carbons (Fsp3) is 0.905. The van der Waals surface area contributed by atoms with Crippen LogP contribution in [-0.2, 0) is 19.1 Å². The lowest BCUT2D eigenvalue weighted by Crippen LogP contribution is -2.57. The molecule has 0 aliphatic heterocycles. The van der Waals surface area contributed by atoms with Crippen LogP contribution in [0.25, 0.3) is 0 Å². The predicted octanol–water partition coefficient (Wildman–Crippen LogP) is 5.57. The summed E-state index contributed by atoms with van der Waals surface area (Å²) in [5, 5.41) is 0. The summed E-state index contributed by atoms with van der Waals surface area (Å²) in [5.74, 6) is -15.3. The Morgan fingerprint density at radius 1 is 0.793 bits per heavy atom. The van der Waals surface area contributed by atoms with E-state index < -0.39 is 35.0 Å². The standard InChI is InChI=1S/C21H30F4O4/c1-2-18(11-5-6-12-18)28-16(26)20(22,23)21(24,25)17(27)29-19(13-7-8-14-19)15-9-3-4-10-15/h15H,2-14H2,1H3. The van der Waals surface area contributed by atoms with Crippen molar-refractivity contribution in [1.29, 1.82) is 0 Å². The smallest absolute Gasteiger partial charge is 0.415 e. The highest BCUT2D eigenvalue weighted by molar-refractivity contribution is 5.90. The van der Waals surface area contributed by atoms with Gasteiger partial charge >= 0.3 is 23.8 Å². The van der Waals surface area contributed by atoms with Crippen LogP contribution < -0.4 is 0 Å². The zero-order chi connectivity index (χ0) is 21.3. The summed E-state index contributed by atoms with van der Waals surface area (Å²) in [7, 11) is 0. The molecule has 0 heterocycles. The molecular weight excluding hydrogens is 392 g/mol. The topological polar surface area (TPSA) is 52.6 Å². The van der Waals surface area contributed by atoms with Gasteiger partial charge in [-0.3, -0.25) is 0 Å². The summed E-state index contributed by atoms with van der Waals surface area (Å²) < 4.78 is 68.0. The van der Waals surface area contributed by atoms with Gasteiger partial charge in [-0.2, -0.15) is 17.6 Å². The molecule has 3 fully saturated rings. The van der Waals surface area contributed by atoms with Crippen molar-refractivity contribution in [2.24, 2.45) is 5.92 Å². The van der Waals surface area contributed by atoms with Gasteiger partial charge in [-0.15, -0.1) is 0 Å². The third kappa shape index (κ3) is 4.00. The van der Waals surface area contributed by atoms with Gasteiger partial charge in [0.1, 0.15) is 11.2 Å². The van der Waals surface area contributed by atoms with Gasteiger partial charge in [0.2, 0.25) is 0 Å². The first kappa shape index (κ1) is 22.3. The maximum atomic E-state index is 14.5. The maximum Gasteiger partial charge on any atom is 0.415 e. The Balaban J connectivity index is 1.74. The molecule has 0 radical (unpaired) electrons. The van der Waals surface area contributed by atoms with Crippen LogP contribution >= 0.6 is 0 Å². The Labute approximate surface area is 168 Å². The Hall–Kier alpha value is -1.34. The van der Waals surface area contributed by atoms with Crippen molar-refractivity contribution in [1.82, 2.24) is 0 Å². The van der Waals surface area contributed by atoms with Crippen molar-refractivity contribution in [2.45, 2.75) is 113 Å². The van der Waals surface area contributed by atoms with Crippen molar-refractivity contribution in [2.75, 3.05) is 0 Å². The average molecular weight is 422 g/mol. The van der Waals surface area contributed by atoms with E-state index in [4.69, 9.17) is 9.47 Å². The zero-order valence-electron chi connectivity index (χ0n) is 16.9. The van der Waals surface area contributed by atoms with Gasteiger partial charge in [0.15, 0.2) is 0 Å². The molecule has 0 amide bonds. The fourth-order valence-electron chi connectivity index (χ4n) is 5.33. The molecule has 166 valence electrons. The second kappa shape index (κ2) is 8.06. The number of hydrogen-bond acceptors (Lipinski definition) is 4. The summed E-state index contributed by atoms with van der Waals surface area (Å²) in [6, 6.07) is 0. The molecule has 4 nitrogen and oxygen atoms in total. The molecule has 3 rings (SSSR count). The van der Waals surface area contributed by atoms with E-state index in [1.807, 2.05) is 0 Å². The SMILES string of the molecule is CCC1(OC(=O)C(F)(F)C(F)(F)C(=O)OC2(C3CCCC3)CCCC2)CCCC1. The molecule has 3 aliphatic carbocycles. The summed E-state index contributed by atoms with van der Waals surface area (Å²) in [6.45, 7) is 1.66. The van der Waals surface area contributed by atoms with Crippen molar-refractivity contribution in [3.8, 4) is 0 Å². The quantitative estimate of drug-likeness (QED) is 0.398. The first-order valence-corrected chi connectivity index (χ1v) is 10.8. The molecule has 0 spiro atoms. The molecule has 0 aromatic carbocycles. The van der Waals surface area contributed by atoms with Gasteiger partial charge in [0.05, 0.1) is 0 Å². The Kier molecular flexibility index (Phi) is 6.21. The number of carbonyl (C=O) groups excluding carboxylic acids is 2. The van der Waals surface area contributed by atoms with Gasteiger partial charge in [0.25, 0.3) is 0 Å². The van der Waals surface area contributed by atoms with Crippen LogP contribution in [0.5, 0.6) is 0 Å². The van der Waals surface area contributed by atoms with Crippen LogP contribution in [0.15, 0.2) is 0 Å². The molecule has 3 saturated carbocycles. The van der Waals surface area contributed by atoms with E-state index in [-0.39, 0.29) is 12.3 Å². The minimum atomic E-state index is -5.27. The van der Waals surface area contributed by atoms with Crippen LogP contribution in [0.1, 0.15) is 90.4 Å². The molecule has 0 bridgehead atoms. The molecule has 29 heavy (non-hydrogen) atoms. The average Bonchev–Trinajstić information content (AvgIpc) is 3.43. The fourth-order valence-corrected chi connectivity index (χ4v) is 5.33. The van der Waals surface area contributed by atoms with Gasteiger partial charge in [-0.1, -0.05) is 19.8 Å². The molecular formula is C21H30F4O4. The van der Waals surface area contributed by atoms with E-state index in [0.717, 1.165) is 25.7 Å². The van der Waals surface area contributed by atoms with Crippen LogP contribution in [-0.4, -0.2) is 35.0 Å². The van der Waals surface area contributed by atoms with Crippen molar-refractivity contribution >= 4 is 11.9 Å². The predicted molar refractivity (Wildman–Crippen MR) is 96.7 cm³/mol. The first-order valence-electron chi connectivity index (χ1n) is 10.8. The van der Waals surface area contributed by atoms with Crippen LogP contribution in [0.2, 0.25) is 0 Å². The van der Waals surface area contributed by atoms with E-state index in [9.17, 15) is 27.2 Å². The minimum Gasteiger partial charge on any atom is -0.454 e. The van der Waals surface area contributed by atoms with Crippen molar-refractivity contribution in [3.05, 3.63) is 0 Å². The lowest BCUT2D eigenvalue weighted by atomic mass is 9.84. The third-order valence-corrected chi connectivity index (χ3v) is 7.22. The van der Waals surface area contributed by atoms with Gasteiger partial charge < -0.3 is 9.47 Å². The van der Waals surface area contributed by atoms with E-state index in [2.05, 4.69) is 0 Å². The molecule has 0 aromatic heterocycles. The number of ether oxygens (including phenoxy) is 2. The van der Waals surface area contributed by atoms with E-state index in [1.165, 1.54) is 0 Å². The molecule has 0 aromatic rings. The van der Waals surface area contributed by atoms with Gasteiger partial charge in [-0.05, 0) is 76.5 Å². The summed E-state index contributed by atoms with van der Waals surface area (Å²) in [5.41, 5.74) is -2.27. The highest BCUT2D eigenvalue weighted by Gasteiger charge is 2.71. The lowest BCUT2D eigenvalue weighted by Gasteiger charge is -2.37. The van der Waals surface area contributed by atoms with Crippen LogP contribution in [0.4, 0.5) is 17.6 Å². The molecule has 8 heteroatoms. The van der Waals surface area contributed by atoms with Gasteiger partial charge in [-0.25, -0.2) is 9.59 Å². The number of rotatable bonds is 7. The summed E-state index contributed by atoms with van der Waals surface area (Å²) in [6.07, 6.45) is 7.79. The molecule has 0 N–H and O–H groups in total. The monoisotopic (exact) mass is 422 g/mol. The lowest BCUT2D eigenvalue weighted by molar-refractivity contribution is -0.252. The van der Waals surface area contributed by atoms with E-state index in [0.29, 0.717) is 51.4 Å². The van der Waals surface area contributed by atoms with E-state index >= 15 is 0 Å². The Morgan fingerprint density at radius 3 is 1.72 bits per heavy atom. The second-order valence-electron chi connectivity index (χ2n) is 8.92. The van der Waals surface area contributed by atoms with Crippen molar-refractivity contribution < 1.29 is 36.6 Å². The number of halogens is 4. The van der Waals surface area contributed by atoms with Crippen LogP contribution in [0.3, 0.4) is 0 Å². The number of alkyl halides is 4. The third-order valence-electron chi connectivity index (χ3n) is 7.22. The normalized spacial score (nSPS) is 24.6. The summed E-state index contributed by atoms with van der Waals surface area (Å²) >= 11 is 0. The van der Waals surface area contributed by atoms with Gasteiger partial charge in [0, 0.05) is 0 Å². The molecule has 0 saturated heterocycles. The second-order valence-corrected chi connectivity index (χ2v) is 8.92. The Bertz CT molecular complexity index is 616. The largest absolute Gasteiger partial charge is 0.454 e. The van der Waals surface area contributed by atoms with Crippen LogP contribution in [0, 0.1) is 5.92 Å². The number of esters is 2. The zero-order valence-corrected chi connectivity index (χ0v) is 16.9. The van der Waals surface area contributed by atoms with Crippen molar-refractivity contribution in [3.63, 3.8) is 0 Å².